The van der Waals surface area contributed by atoms with Crippen molar-refractivity contribution >= 4 is 11.9 Å². The molecule has 1 N–H and O–H groups in total. The van der Waals surface area contributed by atoms with Gasteiger partial charge < -0.3 is 9.84 Å². The zero-order valence-electron chi connectivity index (χ0n) is 15.0. The number of carbonyl (C=O) groups excluding carboxylic acids is 1. The van der Waals surface area contributed by atoms with Gasteiger partial charge in [-0.3, -0.25) is 4.79 Å². The zero-order chi connectivity index (χ0) is 17.3. The lowest BCUT2D eigenvalue weighted by atomic mass is 9.71. The second-order valence-electron chi connectivity index (χ2n) is 6.52. The Morgan fingerprint density at radius 3 is 2.17 bits per heavy atom. The number of esters is 1. The summed E-state index contributed by atoms with van der Waals surface area (Å²) in [7, 11) is 0. The highest BCUT2D eigenvalue weighted by molar-refractivity contribution is 5.98. The van der Waals surface area contributed by atoms with Gasteiger partial charge in [0, 0.05) is 0 Å². The maximum atomic E-state index is 12.7. The first kappa shape index (κ1) is 19.7. The molecule has 1 aliphatic rings. The van der Waals surface area contributed by atoms with E-state index in [2.05, 4.69) is 0 Å². The molecule has 1 aliphatic carbocycles. The minimum absolute atomic E-state index is 0.374. The summed E-state index contributed by atoms with van der Waals surface area (Å²) in [4.78, 5) is 24.9. The molecule has 0 radical (unpaired) electrons. The summed E-state index contributed by atoms with van der Waals surface area (Å²) in [5.74, 6) is -1.27. The number of unbranched alkanes of at least 4 members (excludes halogenated alkanes) is 2. The third-order valence-electron chi connectivity index (χ3n) is 4.94. The van der Waals surface area contributed by atoms with E-state index in [0.717, 1.165) is 56.9 Å². The number of hydrogen-bond donors (Lipinski definition) is 1. The Kier molecular flexibility index (Phi) is 8.35. The molecular weight excluding hydrogens is 292 g/mol. The first-order valence-corrected chi connectivity index (χ1v) is 9.16. The minimum atomic E-state index is -1.08. The quantitative estimate of drug-likeness (QED) is 0.354. The number of allylic oxidation sites excluding steroid dienone is 1. The van der Waals surface area contributed by atoms with Crippen LogP contribution >= 0.6 is 0 Å². The Bertz CT molecular complexity index is 431. The number of hydrogen-bond acceptors (Lipinski definition) is 3. The molecule has 0 aliphatic heterocycles. The largest absolute Gasteiger partial charge is 0.481 e. The van der Waals surface area contributed by atoms with Crippen molar-refractivity contribution in [2.24, 2.45) is 5.41 Å². The normalized spacial score (nSPS) is 16.9. The molecule has 0 aromatic rings. The van der Waals surface area contributed by atoms with E-state index in [0.29, 0.717) is 25.0 Å². The average Bonchev–Trinajstić information content (AvgIpc) is 3.05. The van der Waals surface area contributed by atoms with E-state index in [1.54, 1.807) is 0 Å². The predicted octanol–water partition coefficient (Wildman–Crippen LogP) is 4.87. The van der Waals surface area contributed by atoms with E-state index >= 15 is 0 Å². The Morgan fingerprint density at radius 2 is 1.70 bits per heavy atom. The summed E-state index contributed by atoms with van der Waals surface area (Å²) < 4.78 is 5.43. The molecule has 0 spiro atoms. The number of aliphatic carboxylic acids is 1. The monoisotopic (exact) mass is 324 g/mol. The molecule has 0 heterocycles. The summed E-state index contributed by atoms with van der Waals surface area (Å²) in [6.07, 6.45) is 8.17. The molecule has 132 valence electrons. The summed E-state index contributed by atoms with van der Waals surface area (Å²) >= 11 is 0. The van der Waals surface area contributed by atoms with Crippen LogP contribution in [0.5, 0.6) is 0 Å². The molecule has 0 amide bonds. The third kappa shape index (κ3) is 4.82. The van der Waals surface area contributed by atoms with Gasteiger partial charge in [0.05, 0.1) is 17.6 Å². The van der Waals surface area contributed by atoms with Gasteiger partial charge in [0.25, 0.3) is 0 Å². The van der Waals surface area contributed by atoms with Crippen LogP contribution in [0.3, 0.4) is 0 Å². The van der Waals surface area contributed by atoms with Gasteiger partial charge >= 0.3 is 11.9 Å². The van der Waals surface area contributed by atoms with Crippen LogP contribution in [0, 0.1) is 5.41 Å². The number of ether oxygens (including phenoxy) is 1. The second-order valence-corrected chi connectivity index (χ2v) is 6.52. The third-order valence-corrected chi connectivity index (χ3v) is 4.94. The topological polar surface area (TPSA) is 63.6 Å². The predicted molar refractivity (Wildman–Crippen MR) is 91.2 cm³/mol. The van der Waals surface area contributed by atoms with Crippen molar-refractivity contribution in [2.75, 3.05) is 6.61 Å². The molecule has 4 nitrogen and oxygen atoms in total. The van der Waals surface area contributed by atoms with Crippen molar-refractivity contribution in [3.05, 3.63) is 11.1 Å². The molecule has 23 heavy (non-hydrogen) atoms. The summed E-state index contributed by atoms with van der Waals surface area (Å²) in [6, 6.07) is 0. The molecule has 1 saturated carbocycles. The van der Waals surface area contributed by atoms with E-state index in [1.807, 2.05) is 20.8 Å². The number of carbonyl (C=O) groups is 2. The van der Waals surface area contributed by atoms with Gasteiger partial charge in [-0.25, -0.2) is 4.79 Å². The minimum Gasteiger partial charge on any atom is -0.481 e. The van der Waals surface area contributed by atoms with Gasteiger partial charge in [0.2, 0.25) is 0 Å². The molecule has 1 fully saturated rings. The second kappa shape index (κ2) is 9.74. The van der Waals surface area contributed by atoms with Crippen LogP contribution in [0.4, 0.5) is 0 Å². The van der Waals surface area contributed by atoms with Gasteiger partial charge in [0.15, 0.2) is 0 Å². The number of carboxylic acid groups (broad SMARTS) is 1. The number of carboxylic acids is 1. The van der Waals surface area contributed by atoms with Crippen LogP contribution in [0.25, 0.3) is 0 Å². The highest BCUT2D eigenvalue weighted by atomic mass is 16.5. The molecule has 0 saturated heterocycles. The lowest BCUT2D eigenvalue weighted by molar-refractivity contribution is -0.152. The SMILES string of the molecule is CCCCOC(=O)C(=C1CCCC1)C(CC)(CCCC)C(=O)O. The first-order chi connectivity index (χ1) is 11.0. The molecule has 0 bridgehead atoms. The van der Waals surface area contributed by atoms with Crippen LogP contribution in [-0.2, 0) is 14.3 Å². The van der Waals surface area contributed by atoms with Crippen LogP contribution in [0.15, 0.2) is 11.1 Å². The lowest BCUT2D eigenvalue weighted by Crippen LogP contribution is -2.37. The van der Waals surface area contributed by atoms with Crippen molar-refractivity contribution < 1.29 is 19.4 Å². The average molecular weight is 324 g/mol. The molecule has 0 aromatic heterocycles. The maximum absolute atomic E-state index is 12.7. The fourth-order valence-electron chi connectivity index (χ4n) is 3.43. The smallest absolute Gasteiger partial charge is 0.335 e. The van der Waals surface area contributed by atoms with Gasteiger partial charge in [-0.2, -0.15) is 0 Å². The Morgan fingerprint density at radius 1 is 1.09 bits per heavy atom. The van der Waals surface area contributed by atoms with Crippen molar-refractivity contribution in [1.82, 2.24) is 0 Å². The molecule has 1 atom stereocenters. The molecule has 1 unspecified atom stereocenters. The Labute approximate surface area is 140 Å². The van der Waals surface area contributed by atoms with E-state index in [9.17, 15) is 14.7 Å². The number of rotatable bonds is 10. The van der Waals surface area contributed by atoms with E-state index < -0.39 is 17.4 Å². The molecule has 0 aromatic carbocycles. The highest BCUT2D eigenvalue weighted by Crippen LogP contribution is 2.43. The van der Waals surface area contributed by atoms with Gasteiger partial charge in [-0.05, 0) is 44.9 Å². The first-order valence-electron chi connectivity index (χ1n) is 9.16. The van der Waals surface area contributed by atoms with Gasteiger partial charge in [-0.1, -0.05) is 45.6 Å². The van der Waals surface area contributed by atoms with Crippen LogP contribution in [0.2, 0.25) is 0 Å². The summed E-state index contributed by atoms with van der Waals surface area (Å²) in [5, 5.41) is 9.96. The van der Waals surface area contributed by atoms with Crippen LogP contribution in [0.1, 0.15) is 85.0 Å². The van der Waals surface area contributed by atoms with Crippen molar-refractivity contribution in [3.63, 3.8) is 0 Å². The van der Waals surface area contributed by atoms with Crippen LogP contribution in [-0.4, -0.2) is 23.7 Å². The summed E-state index contributed by atoms with van der Waals surface area (Å²) in [5.41, 5.74) is 0.403. The Hall–Kier alpha value is -1.32. The van der Waals surface area contributed by atoms with E-state index in [-0.39, 0.29) is 0 Å². The van der Waals surface area contributed by atoms with Crippen molar-refractivity contribution in [3.8, 4) is 0 Å². The fourth-order valence-corrected chi connectivity index (χ4v) is 3.43. The molecule has 1 rings (SSSR count). The van der Waals surface area contributed by atoms with Crippen LogP contribution < -0.4 is 0 Å². The lowest BCUT2D eigenvalue weighted by Gasteiger charge is -2.31. The highest BCUT2D eigenvalue weighted by Gasteiger charge is 2.45. The molecular formula is C19H32O4. The summed E-state index contributed by atoms with van der Waals surface area (Å²) in [6.45, 7) is 6.33. The van der Waals surface area contributed by atoms with E-state index in [4.69, 9.17) is 4.74 Å². The van der Waals surface area contributed by atoms with Gasteiger partial charge in [-0.15, -0.1) is 0 Å². The van der Waals surface area contributed by atoms with E-state index in [1.165, 1.54) is 0 Å². The standard InChI is InChI=1S/C19H32O4/c1-4-7-13-19(6-3,18(21)22)16(15-11-9-10-12-15)17(20)23-14-8-5-2/h4-14H2,1-3H3,(H,21,22). The van der Waals surface area contributed by atoms with Crippen molar-refractivity contribution in [2.45, 2.75) is 85.0 Å². The van der Waals surface area contributed by atoms with Crippen molar-refractivity contribution in [1.29, 1.82) is 0 Å². The fraction of sp³-hybridized carbons (Fsp3) is 0.789. The maximum Gasteiger partial charge on any atom is 0.335 e. The zero-order valence-corrected chi connectivity index (χ0v) is 15.0. The Balaban J connectivity index is 3.21. The van der Waals surface area contributed by atoms with Gasteiger partial charge in [0.1, 0.15) is 0 Å². The molecule has 4 heteroatoms.